The van der Waals surface area contributed by atoms with Gasteiger partial charge in [-0.1, -0.05) is 31.6 Å². The molecule has 1 aromatic carbocycles. The average Bonchev–Trinajstić information content (AvgIpc) is 3.13. The van der Waals surface area contributed by atoms with Gasteiger partial charge in [-0.3, -0.25) is 0 Å². The zero-order chi connectivity index (χ0) is 12.1. The lowest BCUT2D eigenvalue weighted by Gasteiger charge is -2.11. The summed E-state index contributed by atoms with van der Waals surface area (Å²) in [5.74, 6) is 0.972. The molecule has 2 heteroatoms. The molecule has 2 rings (SSSR count). The standard InChI is InChI=1S/C15H20O2/c1-3-5-12-7-8-15(13(9-12)6-4-2)17-11-14-10-16-14/h4,7-9,14H,2-3,5-6,10-11H2,1H3. The molecule has 1 aromatic rings. The third-order valence-electron chi connectivity index (χ3n) is 2.85. The molecule has 1 atom stereocenters. The van der Waals surface area contributed by atoms with Crippen molar-refractivity contribution in [3.8, 4) is 5.75 Å². The third-order valence-corrected chi connectivity index (χ3v) is 2.85. The zero-order valence-electron chi connectivity index (χ0n) is 10.4. The molecule has 1 saturated heterocycles. The van der Waals surface area contributed by atoms with E-state index in [-0.39, 0.29) is 0 Å². The highest BCUT2D eigenvalue weighted by Gasteiger charge is 2.23. The lowest BCUT2D eigenvalue weighted by atomic mass is 10.0. The lowest BCUT2D eigenvalue weighted by Crippen LogP contribution is -2.06. The number of hydrogen-bond donors (Lipinski definition) is 0. The van der Waals surface area contributed by atoms with Crippen LogP contribution >= 0.6 is 0 Å². The van der Waals surface area contributed by atoms with Crippen molar-refractivity contribution in [2.45, 2.75) is 32.3 Å². The van der Waals surface area contributed by atoms with Gasteiger partial charge in [0.15, 0.2) is 0 Å². The van der Waals surface area contributed by atoms with Gasteiger partial charge in [-0.2, -0.15) is 0 Å². The van der Waals surface area contributed by atoms with E-state index in [1.807, 2.05) is 6.08 Å². The summed E-state index contributed by atoms with van der Waals surface area (Å²) < 4.78 is 10.9. The van der Waals surface area contributed by atoms with Crippen LogP contribution in [-0.4, -0.2) is 19.3 Å². The van der Waals surface area contributed by atoms with Crippen LogP contribution in [0.3, 0.4) is 0 Å². The first-order chi connectivity index (χ1) is 8.33. The summed E-state index contributed by atoms with van der Waals surface area (Å²) in [6.07, 6.45) is 5.38. The summed E-state index contributed by atoms with van der Waals surface area (Å²) in [6, 6.07) is 6.46. The van der Waals surface area contributed by atoms with Crippen molar-refractivity contribution in [3.63, 3.8) is 0 Å². The van der Waals surface area contributed by atoms with Crippen molar-refractivity contribution >= 4 is 0 Å². The molecule has 1 aliphatic rings. The Morgan fingerprint density at radius 3 is 3.00 bits per heavy atom. The molecule has 1 aliphatic heterocycles. The first-order valence-corrected chi connectivity index (χ1v) is 6.30. The Bertz CT molecular complexity index is 381. The van der Waals surface area contributed by atoms with Gasteiger partial charge in [0.05, 0.1) is 6.61 Å². The van der Waals surface area contributed by atoms with Crippen LogP contribution in [0.4, 0.5) is 0 Å². The van der Waals surface area contributed by atoms with E-state index < -0.39 is 0 Å². The average molecular weight is 232 g/mol. The molecule has 1 unspecified atom stereocenters. The van der Waals surface area contributed by atoms with Gasteiger partial charge in [0, 0.05) is 0 Å². The second-order valence-corrected chi connectivity index (χ2v) is 4.45. The fraction of sp³-hybridized carbons (Fsp3) is 0.467. The molecule has 0 saturated carbocycles. The van der Waals surface area contributed by atoms with Crippen molar-refractivity contribution in [1.82, 2.24) is 0 Å². The molecule has 1 fully saturated rings. The summed E-state index contributed by atoms with van der Waals surface area (Å²) in [7, 11) is 0. The normalized spacial score (nSPS) is 17.8. The number of aryl methyl sites for hydroxylation is 1. The molecule has 0 radical (unpaired) electrons. The monoisotopic (exact) mass is 232 g/mol. The Hall–Kier alpha value is -1.28. The van der Waals surface area contributed by atoms with Crippen LogP contribution in [0.15, 0.2) is 30.9 Å². The molecular weight excluding hydrogens is 212 g/mol. The zero-order valence-corrected chi connectivity index (χ0v) is 10.4. The molecule has 92 valence electrons. The number of allylic oxidation sites excluding steroid dienone is 1. The molecule has 0 bridgehead atoms. The van der Waals surface area contributed by atoms with Crippen LogP contribution < -0.4 is 4.74 Å². The van der Waals surface area contributed by atoms with E-state index in [2.05, 4.69) is 31.7 Å². The molecule has 0 aromatic heterocycles. The molecule has 1 heterocycles. The third kappa shape index (κ3) is 3.60. The highest BCUT2D eigenvalue weighted by Crippen LogP contribution is 2.23. The second kappa shape index (κ2) is 5.87. The first-order valence-electron chi connectivity index (χ1n) is 6.30. The fourth-order valence-corrected chi connectivity index (χ4v) is 1.88. The van der Waals surface area contributed by atoms with Gasteiger partial charge < -0.3 is 9.47 Å². The molecule has 0 N–H and O–H groups in total. The summed E-state index contributed by atoms with van der Waals surface area (Å²) in [5.41, 5.74) is 2.60. The predicted octanol–water partition coefficient (Wildman–Crippen LogP) is 3.15. The summed E-state index contributed by atoms with van der Waals surface area (Å²) in [5, 5.41) is 0. The van der Waals surface area contributed by atoms with E-state index in [4.69, 9.17) is 9.47 Å². The topological polar surface area (TPSA) is 21.8 Å². The van der Waals surface area contributed by atoms with E-state index in [0.29, 0.717) is 12.7 Å². The minimum atomic E-state index is 0.307. The second-order valence-electron chi connectivity index (χ2n) is 4.45. The summed E-state index contributed by atoms with van der Waals surface area (Å²) >= 11 is 0. The van der Waals surface area contributed by atoms with Crippen molar-refractivity contribution in [2.24, 2.45) is 0 Å². The molecule has 0 aliphatic carbocycles. The van der Waals surface area contributed by atoms with Crippen LogP contribution in [0.25, 0.3) is 0 Å². The summed E-state index contributed by atoms with van der Waals surface area (Å²) in [6.45, 7) is 7.50. The van der Waals surface area contributed by atoms with Crippen LogP contribution in [0, 0.1) is 0 Å². The Balaban J connectivity index is 2.07. The molecule has 0 spiro atoms. The number of ether oxygens (including phenoxy) is 2. The van der Waals surface area contributed by atoms with Gasteiger partial charge >= 0.3 is 0 Å². The van der Waals surface area contributed by atoms with Crippen molar-refractivity contribution in [3.05, 3.63) is 42.0 Å². The Morgan fingerprint density at radius 1 is 1.53 bits per heavy atom. The van der Waals surface area contributed by atoms with Gasteiger partial charge in [0.2, 0.25) is 0 Å². The van der Waals surface area contributed by atoms with E-state index in [0.717, 1.165) is 25.2 Å². The van der Waals surface area contributed by atoms with Gasteiger partial charge in [-0.05, 0) is 30.0 Å². The summed E-state index contributed by atoms with van der Waals surface area (Å²) in [4.78, 5) is 0. The van der Waals surface area contributed by atoms with Gasteiger partial charge in [-0.25, -0.2) is 0 Å². The highest BCUT2D eigenvalue weighted by molar-refractivity contribution is 5.38. The van der Waals surface area contributed by atoms with Crippen molar-refractivity contribution < 1.29 is 9.47 Å². The van der Waals surface area contributed by atoms with Gasteiger partial charge in [0.25, 0.3) is 0 Å². The smallest absolute Gasteiger partial charge is 0.122 e. The first kappa shape index (κ1) is 12.2. The van der Waals surface area contributed by atoms with Gasteiger partial charge in [0.1, 0.15) is 18.5 Å². The van der Waals surface area contributed by atoms with E-state index >= 15 is 0 Å². The number of rotatable bonds is 7. The maximum atomic E-state index is 5.77. The Labute approximate surface area is 103 Å². The van der Waals surface area contributed by atoms with E-state index in [1.165, 1.54) is 17.5 Å². The number of epoxide rings is 1. The fourth-order valence-electron chi connectivity index (χ4n) is 1.88. The van der Waals surface area contributed by atoms with E-state index in [9.17, 15) is 0 Å². The lowest BCUT2D eigenvalue weighted by molar-refractivity contribution is 0.261. The SMILES string of the molecule is C=CCc1cc(CCC)ccc1OCC1CO1. The number of benzene rings is 1. The Morgan fingerprint density at radius 2 is 2.35 bits per heavy atom. The largest absolute Gasteiger partial charge is 0.490 e. The number of hydrogen-bond acceptors (Lipinski definition) is 2. The van der Waals surface area contributed by atoms with Crippen LogP contribution in [0.2, 0.25) is 0 Å². The van der Waals surface area contributed by atoms with Crippen molar-refractivity contribution in [2.75, 3.05) is 13.2 Å². The Kier molecular flexibility index (Phi) is 4.21. The molecule has 17 heavy (non-hydrogen) atoms. The quantitative estimate of drug-likeness (QED) is 0.532. The maximum absolute atomic E-state index is 5.77. The van der Waals surface area contributed by atoms with Gasteiger partial charge in [-0.15, -0.1) is 6.58 Å². The van der Waals surface area contributed by atoms with Crippen LogP contribution in [0.1, 0.15) is 24.5 Å². The molecular formula is C15H20O2. The molecule has 0 amide bonds. The van der Waals surface area contributed by atoms with Crippen molar-refractivity contribution in [1.29, 1.82) is 0 Å². The maximum Gasteiger partial charge on any atom is 0.122 e. The van der Waals surface area contributed by atoms with Crippen LogP contribution in [0.5, 0.6) is 5.75 Å². The molecule has 2 nitrogen and oxygen atoms in total. The predicted molar refractivity (Wildman–Crippen MR) is 69.6 cm³/mol. The highest BCUT2D eigenvalue weighted by atomic mass is 16.6. The minimum absolute atomic E-state index is 0.307. The van der Waals surface area contributed by atoms with Crippen LogP contribution in [-0.2, 0) is 17.6 Å². The minimum Gasteiger partial charge on any atom is -0.490 e. The van der Waals surface area contributed by atoms with E-state index in [1.54, 1.807) is 0 Å².